The summed E-state index contributed by atoms with van der Waals surface area (Å²) in [5.41, 5.74) is 2.97. The molecule has 0 aromatic carbocycles. The van der Waals surface area contributed by atoms with Gasteiger partial charge in [0.1, 0.15) is 11.5 Å². The average molecular weight is 457 g/mol. The molecule has 29 heavy (non-hydrogen) atoms. The van der Waals surface area contributed by atoms with Gasteiger partial charge < -0.3 is 26.1 Å². The Bertz CT molecular complexity index is 786. The van der Waals surface area contributed by atoms with Crippen LogP contribution in [0.2, 0.25) is 0 Å². The van der Waals surface area contributed by atoms with Crippen molar-refractivity contribution in [3.8, 4) is 0 Å². The van der Waals surface area contributed by atoms with Gasteiger partial charge in [-0.2, -0.15) is 13.1 Å². The van der Waals surface area contributed by atoms with Gasteiger partial charge in [0.15, 0.2) is 5.71 Å². The fourth-order valence-electron chi connectivity index (χ4n) is 2.04. The Morgan fingerprint density at radius 3 is 2.34 bits per heavy atom. The highest BCUT2D eigenvalue weighted by Gasteiger charge is 2.37. The molecule has 1 heterocycles. The van der Waals surface area contributed by atoms with Crippen LogP contribution in [-0.4, -0.2) is 81.7 Å². The van der Waals surface area contributed by atoms with E-state index in [9.17, 15) is 27.9 Å². The van der Waals surface area contributed by atoms with Gasteiger partial charge in [0.05, 0.1) is 12.1 Å². The third-order valence-electron chi connectivity index (χ3n) is 3.65. The number of thioether (sulfide) groups is 1. The summed E-state index contributed by atoms with van der Waals surface area (Å²) in [5, 5.41) is 26.8. The number of nitrogens with zero attached hydrogens (tertiary/aromatic N) is 1. The average Bonchev–Trinajstić information content (AvgIpc) is 2.96. The summed E-state index contributed by atoms with van der Waals surface area (Å²) in [7, 11) is -4.74. The van der Waals surface area contributed by atoms with Crippen LogP contribution in [-0.2, 0) is 29.5 Å². The molecule has 2 unspecified atom stereocenters. The highest BCUT2D eigenvalue weighted by molar-refractivity contribution is 8.00. The highest BCUT2D eigenvalue weighted by atomic mass is 32.2. The Morgan fingerprint density at radius 1 is 1.34 bits per heavy atom. The Kier molecular flexibility index (Phi) is 8.36. The molecule has 1 saturated heterocycles. The fourth-order valence-corrected chi connectivity index (χ4v) is 3.56. The molecule has 0 aliphatic carbocycles. The Hall–Kier alpha value is -1.98. The fraction of sp³-hybridized carbons (Fsp3) is 0.692. The van der Waals surface area contributed by atoms with Crippen LogP contribution >= 0.6 is 11.8 Å². The highest BCUT2D eigenvalue weighted by Crippen LogP contribution is 2.17. The zero-order valence-corrected chi connectivity index (χ0v) is 17.3. The second-order valence-electron chi connectivity index (χ2n) is 6.53. The summed E-state index contributed by atoms with van der Waals surface area (Å²) in [5.74, 6) is -3.77. The van der Waals surface area contributed by atoms with Gasteiger partial charge in [-0.15, -0.1) is 11.8 Å². The lowest BCUT2D eigenvalue weighted by molar-refractivity contribution is -0.161. The third-order valence-corrected chi connectivity index (χ3v) is 5.34. The van der Waals surface area contributed by atoms with Crippen molar-refractivity contribution in [2.24, 2.45) is 10.9 Å². The first-order valence-corrected chi connectivity index (χ1v) is 10.5. The Balaban J connectivity index is 3.11. The molecule has 0 radical (unpaired) electrons. The van der Waals surface area contributed by atoms with E-state index in [1.54, 1.807) is 4.72 Å². The number of carboxylic acid groups (broad SMARTS) is 2. The molecule has 14 nitrogen and oxygen atoms in total. The molecule has 8 N–H and O–H groups in total. The molecule has 166 valence electrons. The summed E-state index contributed by atoms with van der Waals surface area (Å²) in [6, 6.07) is -4.01. The molecule has 0 spiro atoms. The van der Waals surface area contributed by atoms with E-state index in [-0.39, 0.29) is 11.5 Å². The molecule has 1 aliphatic rings. The molecule has 4 atom stereocenters. The molecule has 1 fully saturated rings. The van der Waals surface area contributed by atoms with Crippen molar-refractivity contribution in [2.75, 3.05) is 5.75 Å². The molecular weight excluding hydrogens is 434 g/mol. The molecule has 1 aliphatic heterocycles. The first-order valence-electron chi connectivity index (χ1n) is 8.05. The second-order valence-corrected chi connectivity index (χ2v) is 8.89. The Morgan fingerprint density at radius 2 is 1.93 bits per heavy atom. The minimum atomic E-state index is -4.74. The maximum Gasteiger partial charge on any atom is 0.350 e. The van der Waals surface area contributed by atoms with Gasteiger partial charge >= 0.3 is 22.2 Å². The third kappa shape index (κ3) is 7.75. The number of rotatable bonds is 10. The summed E-state index contributed by atoms with van der Waals surface area (Å²) >= 11 is 1.22. The van der Waals surface area contributed by atoms with Gasteiger partial charge in [-0.05, 0) is 20.8 Å². The van der Waals surface area contributed by atoms with Crippen molar-refractivity contribution in [2.45, 2.75) is 50.0 Å². The van der Waals surface area contributed by atoms with Crippen molar-refractivity contribution in [1.82, 2.24) is 15.4 Å². The van der Waals surface area contributed by atoms with Crippen LogP contribution in [0.25, 0.3) is 0 Å². The molecule has 0 saturated carbocycles. The lowest BCUT2D eigenvalue weighted by Crippen LogP contribution is -2.57. The quantitative estimate of drug-likeness (QED) is 0.103. The lowest BCUT2D eigenvalue weighted by atomic mass is 10.1. The van der Waals surface area contributed by atoms with Crippen LogP contribution < -0.4 is 21.1 Å². The zero-order chi connectivity index (χ0) is 22.6. The van der Waals surface area contributed by atoms with Crippen LogP contribution in [0.15, 0.2) is 5.16 Å². The van der Waals surface area contributed by atoms with E-state index < -0.39 is 57.4 Å². The molecule has 1 amide bonds. The normalized spacial score (nSPS) is 22.6. The summed E-state index contributed by atoms with van der Waals surface area (Å²) < 4.78 is 32.3. The largest absolute Gasteiger partial charge is 0.480 e. The minimum Gasteiger partial charge on any atom is -0.480 e. The van der Waals surface area contributed by atoms with Crippen LogP contribution in [0.5, 0.6) is 0 Å². The molecule has 0 aromatic heterocycles. The van der Waals surface area contributed by atoms with E-state index in [0.717, 1.165) is 6.92 Å². The van der Waals surface area contributed by atoms with E-state index in [2.05, 4.69) is 15.8 Å². The maximum atomic E-state index is 12.6. The van der Waals surface area contributed by atoms with E-state index in [4.69, 9.17) is 20.2 Å². The van der Waals surface area contributed by atoms with E-state index in [0.29, 0.717) is 0 Å². The van der Waals surface area contributed by atoms with Crippen molar-refractivity contribution in [1.29, 1.82) is 0 Å². The number of nitrogens with one attached hydrogen (secondary N) is 3. The minimum absolute atomic E-state index is 0.251. The second kappa shape index (κ2) is 9.68. The number of carbonyl (C=O) groups excluding carboxylic acids is 1. The number of carbonyl (C=O) groups is 3. The summed E-state index contributed by atoms with van der Waals surface area (Å²) in [4.78, 5) is 40.2. The van der Waals surface area contributed by atoms with Crippen LogP contribution in [0.1, 0.15) is 20.8 Å². The van der Waals surface area contributed by atoms with E-state index in [1.165, 1.54) is 25.6 Å². The van der Waals surface area contributed by atoms with Crippen LogP contribution in [0.4, 0.5) is 0 Å². The zero-order valence-electron chi connectivity index (χ0n) is 15.6. The van der Waals surface area contributed by atoms with Crippen molar-refractivity contribution in [3.63, 3.8) is 0 Å². The molecule has 16 heteroatoms. The van der Waals surface area contributed by atoms with Crippen molar-refractivity contribution in [3.05, 3.63) is 0 Å². The standard InChI is InChI=1S/C13H23N5O9S2/c1-5(18-29(24,25)26)7(10(20)21)16-9(19)8(6-4-28-12(14)15-6)17-27-13(2,3)11(22)23/h5-7,12,15,18H,4,14H2,1-3H3,(H,16,19)(H,20,21)(H,22,23)(H,24,25,26)/b17-8-/t5-,6?,7-,12?/m0/s1. The number of carboxylic acids is 2. The number of aliphatic carboxylic acids is 2. The molecule has 0 bridgehead atoms. The van der Waals surface area contributed by atoms with Crippen molar-refractivity contribution >= 4 is 45.6 Å². The van der Waals surface area contributed by atoms with Gasteiger partial charge in [0.2, 0.25) is 5.60 Å². The lowest BCUT2D eigenvalue weighted by Gasteiger charge is -2.23. The SMILES string of the molecule is C[C@H](NS(=O)(=O)O)[C@H](NC(=O)/C(=N\OC(C)(C)C(=O)O)C1CSC(N)N1)C(=O)O. The van der Waals surface area contributed by atoms with Crippen LogP contribution in [0, 0.1) is 0 Å². The van der Waals surface area contributed by atoms with Crippen molar-refractivity contribution < 1.29 is 42.4 Å². The summed E-state index contributed by atoms with van der Waals surface area (Å²) in [6.07, 6.45) is 0. The Labute approximate surface area is 170 Å². The predicted molar refractivity (Wildman–Crippen MR) is 101 cm³/mol. The van der Waals surface area contributed by atoms with Gasteiger partial charge in [-0.25, -0.2) is 9.59 Å². The van der Waals surface area contributed by atoms with E-state index in [1.807, 2.05) is 0 Å². The van der Waals surface area contributed by atoms with E-state index >= 15 is 0 Å². The molecule has 0 aromatic rings. The molecular formula is C13H23N5O9S2. The molecule has 1 rings (SSSR count). The van der Waals surface area contributed by atoms with Crippen LogP contribution in [0.3, 0.4) is 0 Å². The number of hydrogen-bond donors (Lipinski definition) is 7. The topological polar surface area (TPSA) is 230 Å². The number of hydrogen-bond acceptors (Lipinski definition) is 10. The van der Waals surface area contributed by atoms with Gasteiger partial charge in [0, 0.05) is 5.75 Å². The summed E-state index contributed by atoms with van der Waals surface area (Å²) in [6.45, 7) is 3.48. The maximum absolute atomic E-state index is 12.6. The van der Waals surface area contributed by atoms with Gasteiger partial charge in [-0.3, -0.25) is 14.7 Å². The predicted octanol–water partition coefficient (Wildman–Crippen LogP) is -2.48. The first-order chi connectivity index (χ1) is 13.1. The number of oxime groups is 1. The number of nitrogens with two attached hydrogens (primary N) is 1. The first kappa shape index (κ1) is 25.1. The van der Waals surface area contributed by atoms with Gasteiger partial charge in [0.25, 0.3) is 5.91 Å². The monoisotopic (exact) mass is 457 g/mol. The number of amides is 1. The smallest absolute Gasteiger partial charge is 0.350 e. The van der Waals surface area contributed by atoms with Gasteiger partial charge in [-0.1, -0.05) is 5.16 Å².